The quantitative estimate of drug-likeness (QED) is 0.930. The molecule has 0 aliphatic carbocycles. The molecule has 1 N–H and O–H groups in total. The number of carbonyl (C=O) groups excluding carboxylic acids is 1. The number of rotatable bonds is 4. The Bertz CT molecular complexity index is 501. The van der Waals surface area contributed by atoms with Gasteiger partial charge in [-0.25, -0.2) is 4.79 Å². The van der Waals surface area contributed by atoms with Crippen molar-refractivity contribution in [1.82, 2.24) is 20.0 Å². The summed E-state index contributed by atoms with van der Waals surface area (Å²) < 4.78 is 2.02. The first-order chi connectivity index (χ1) is 10.3. The molecule has 5 nitrogen and oxygen atoms in total. The molecule has 0 bridgehead atoms. The minimum absolute atomic E-state index is 0.0821. The van der Waals surface area contributed by atoms with Crippen molar-refractivity contribution < 1.29 is 4.79 Å². The van der Waals surface area contributed by atoms with Gasteiger partial charge in [0.15, 0.2) is 0 Å². The SMILES string of the molecule is Cc1cc(C)n(CC(C)CNC(=O)N2CC(C)CC(C)C2)n1. The first-order valence-corrected chi connectivity index (χ1v) is 8.39. The second-order valence-electron chi connectivity index (χ2n) is 7.25. The molecule has 1 aliphatic heterocycles. The maximum Gasteiger partial charge on any atom is 0.317 e. The van der Waals surface area contributed by atoms with Crippen LogP contribution < -0.4 is 5.32 Å². The fourth-order valence-electron chi connectivity index (χ4n) is 3.42. The molecule has 1 aromatic heterocycles. The van der Waals surface area contributed by atoms with Crippen LogP contribution in [0.3, 0.4) is 0 Å². The Hall–Kier alpha value is -1.52. The van der Waals surface area contributed by atoms with E-state index in [4.69, 9.17) is 0 Å². The first-order valence-electron chi connectivity index (χ1n) is 8.39. The van der Waals surface area contributed by atoms with E-state index in [0.717, 1.165) is 25.3 Å². The van der Waals surface area contributed by atoms with E-state index in [1.54, 1.807) is 0 Å². The molecule has 2 heterocycles. The summed E-state index contributed by atoms with van der Waals surface area (Å²) in [5.74, 6) is 1.56. The lowest BCUT2D eigenvalue weighted by Gasteiger charge is -2.35. The molecule has 0 radical (unpaired) electrons. The average Bonchev–Trinajstić information content (AvgIpc) is 2.73. The normalized spacial score (nSPS) is 23.4. The van der Waals surface area contributed by atoms with Gasteiger partial charge in [-0.1, -0.05) is 20.8 Å². The summed E-state index contributed by atoms with van der Waals surface area (Å²) in [5, 5.41) is 7.57. The van der Waals surface area contributed by atoms with Crippen LogP contribution in [0.4, 0.5) is 4.79 Å². The van der Waals surface area contributed by atoms with Crippen molar-refractivity contribution in [3.8, 4) is 0 Å². The predicted octanol–water partition coefficient (Wildman–Crippen LogP) is 2.82. The Morgan fingerprint density at radius 3 is 2.55 bits per heavy atom. The number of likely N-dealkylation sites (tertiary alicyclic amines) is 1. The zero-order chi connectivity index (χ0) is 16.3. The van der Waals surface area contributed by atoms with Crippen LogP contribution in [0.5, 0.6) is 0 Å². The topological polar surface area (TPSA) is 50.2 Å². The van der Waals surface area contributed by atoms with Crippen molar-refractivity contribution in [2.45, 2.75) is 47.6 Å². The minimum atomic E-state index is 0.0821. The molecular formula is C17H30N4O. The number of amides is 2. The van der Waals surface area contributed by atoms with Gasteiger partial charge >= 0.3 is 6.03 Å². The average molecular weight is 306 g/mol. The maximum atomic E-state index is 12.3. The van der Waals surface area contributed by atoms with Gasteiger partial charge in [-0.05, 0) is 44.1 Å². The van der Waals surface area contributed by atoms with Gasteiger partial charge in [0.2, 0.25) is 0 Å². The van der Waals surface area contributed by atoms with E-state index >= 15 is 0 Å². The van der Waals surface area contributed by atoms with E-state index in [2.05, 4.69) is 44.2 Å². The standard InChI is InChI=1S/C17H30N4O/c1-12-6-13(2)10-20(9-12)17(22)18-8-14(3)11-21-16(5)7-15(4)19-21/h7,12-14H,6,8-11H2,1-5H3,(H,18,22). The van der Waals surface area contributed by atoms with Crippen LogP contribution in [-0.2, 0) is 6.54 Å². The molecule has 2 amide bonds. The summed E-state index contributed by atoms with van der Waals surface area (Å²) in [6.07, 6.45) is 1.22. The number of hydrogen-bond acceptors (Lipinski definition) is 2. The van der Waals surface area contributed by atoms with Crippen molar-refractivity contribution in [2.24, 2.45) is 17.8 Å². The Labute approximate surface area is 134 Å². The molecule has 1 aromatic rings. The maximum absolute atomic E-state index is 12.3. The van der Waals surface area contributed by atoms with E-state index in [9.17, 15) is 4.79 Å². The molecule has 22 heavy (non-hydrogen) atoms. The number of aryl methyl sites for hydroxylation is 2. The second kappa shape index (κ2) is 7.16. The Morgan fingerprint density at radius 2 is 2.00 bits per heavy atom. The highest BCUT2D eigenvalue weighted by Gasteiger charge is 2.25. The van der Waals surface area contributed by atoms with Gasteiger partial charge in [0.05, 0.1) is 5.69 Å². The molecule has 124 valence electrons. The summed E-state index contributed by atoms with van der Waals surface area (Å²) in [5.41, 5.74) is 2.22. The number of nitrogens with one attached hydrogen (secondary N) is 1. The molecule has 0 aromatic carbocycles. The summed E-state index contributed by atoms with van der Waals surface area (Å²) >= 11 is 0. The molecule has 0 saturated carbocycles. The molecular weight excluding hydrogens is 276 g/mol. The van der Waals surface area contributed by atoms with Gasteiger partial charge in [0.1, 0.15) is 0 Å². The van der Waals surface area contributed by atoms with Crippen LogP contribution in [0.25, 0.3) is 0 Å². The number of urea groups is 1. The van der Waals surface area contributed by atoms with E-state index in [0.29, 0.717) is 24.3 Å². The minimum Gasteiger partial charge on any atom is -0.338 e. The molecule has 3 unspecified atom stereocenters. The smallest absolute Gasteiger partial charge is 0.317 e. The summed E-state index contributed by atoms with van der Waals surface area (Å²) in [6.45, 7) is 14.0. The number of nitrogens with zero attached hydrogens (tertiary/aromatic N) is 3. The summed E-state index contributed by atoms with van der Waals surface area (Å²) in [4.78, 5) is 14.3. The third kappa shape index (κ3) is 4.49. The number of carbonyl (C=O) groups is 1. The largest absolute Gasteiger partial charge is 0.338 e. The molecule has 5 heteroatoms. The van der Waals surface area contributed by atoms with Gasteiger partial charge in [-0.15, -0.1) is 0 Å². The van der Waals surface area contributed by atoms with Gasteiger partial charge in [0.25, 0.3) is 0 Å². The fourth-order valence-corrected chi connectivity index (χ4v) is 3.42. The lowest BCUT2D eigenvalue weighted by Crippen LogP contribution is -2.48. The molecule has 3 atom stereocenters. The highest BCUT2D eigenvalue weighted by Crippen LogP contribution is 2.20. The van der Waals surface area contributed by atoms with Crippen molar-refractivity contribution in [3.05, 3.63) is 17.5 Å². The van der Waals surface area contributed by atoms with Gasteiger partial charge in [-0.3, -0.25) is 4.68 Å². The number of hydrogen-bond donors (Lipinski definition) is 1. The van der Waals surface area contributed by atoms with Gasteiger partial charge in [-0.2, -0.15) is 5.10 Å². The van der Waals surface area contributed by atoms with Crippen molar-refractivity contribution in [1.29, 1.82) is 0 Å². The van der Waals surface area contributed by atoms with Crippen LogP contribution in [0.2, 0.25) is 0 Å². The first kappa shape index (κ1) is 16.8. The Morgan fingerprint density at radius 1 is 1.36 bits per heavy atom. The van der Waals surface area contributed by atoms with E-state index in [1.807, 2.05) is 16.5 Å². The third-order valence-corrected chi connectivity index (χ3v) is 4.35. The van der Waals surface area contributed by atoms with E-state index in [-0.39, 0.29) is 6.03 Å². The van der Waals surface area contributed by atoms with Gasteiger partial charge < -0.3 is 10.2 Å². The molecule has 2 rings (SSSR count). The number of piperidine rings is 1. The van der Waals surface area contributed by atoms with Crippen LogP contribution >= 0.6 is 0 Å². The highest BCUT2D eigenvalue weighted by molar-refractivity contribution is 5.74. The molecule has 1 fully saturated rings. The summed E-state index contributed by atoms with van der Waals surface area (Å²) in [6, 6.07) is 2.17. The lowest BCUT2D eigenvalue weighted by atomic mass is 9.92. The van der Waals surface area contributed by atoms with Gasteiger partial charge in [0, 0.05) is 31.9 Å². The van der Waals surface area contributed by atoms with Crippen LogP contribution in [0.1, 0.15) is 38.6 Å². The van der Waals surface area contributed by atoms with Crippen molar-refractivity contribution in [3.63, 3.8) is 0 Å². The third-order valence-electron chi connectivity index (χ3n) is 4.35. The van der Waals surface area contributed by atoms with Crippen LogP contribution in [-0.4, -0.2) is 40.3 Å². The molecule has 1 aliphatic rings. The van der Waals surface area contributed by atoms with Crippen LogP contribution in [0.15, 0.2) is 6.07 Å². The fraction of sp³-hybridized carbons (Fsp3) is 0.765. The second-order valence-corrected chi connectivity index (χ2v) is 7.25. The Kier molecular flexibility index (Phi) is 5.48. The number of aromatic nitrogens is 2. The zero-order valence-corrected chi connectivity index (χ0v) is 14.6. The van der Waals surface area contributed by atoms with Crippen molar-refractivity contribution in [2.75, 3.05) is 19.6 Å². The molecule has 0 spiro atoms. The monoisotopic (exact) mass is 306 g/mol. The Balaban J connectivity index is 1.79. The predicted molar refractivity (Wildman–Crippen MR) is 88.8 cm³/mol. The highest BCUT2D eigenvalue weighted by atomic mass is 16.2. The van der Waals surface area contributed by atoms with Crippen molar-refractivity contribution >= 4 is 6.03 Å². The van der Waals surface area contributed by atoms with Crippen LogP contribution in [0, 0.1) is 31.6 Å². The zero-order valence-electron chi connectivity index (χ0n) is 14.6. The molecule has 1 saturated heterocycles. The van der Waals surface area contributed by atoms with E-state index in [1.165, 1.54) is 12.1 Å². The lowest BCUT2D eigenvalue weighted by molar-refractivity contribution is 0.145. The summed E-state index contributed by atoms with van der Waals surface area (Å²) in [7, 11) is 0. The van der Waals surface area contributed by atoms with E-state index < -0.39 is 0 Å².